The molecule has 29 heavy (non-hydrogen) atoms. The molecule has 4 heteroatoms. The summed E-state index contributed by atoms with van der Waals surface area (Å²) in [7, 11) is 0. The van der Waals surface area contributed by atoms with Crippen LogP contribution < -0.4 is 0 Å². The fourth-order valence-corrected chi connectivity index (χ4v) is 4.98. The molecule has 0 amide bonds. The lowest BCUT2D eigenvalue weighted by Gasteiger charge is -2.56. The Hall–Kier alpha value is -1.42. The highest BCUT2D eigenvalue weighted by Gasteiger charge is 2.57. The number of ketones is 1. The van der Waals surface area contributed by atoms with Crippen molar-refractivity contribution in [3.8, 4) is 0 Å². The summed E-state index contributed by atoms with van der Waals surface area (Å²) in [6, 6.07) is 0. The van der Waals surface area contributed by atoms with Crippen LogP contribution in [0.5, 0.6) is 0 Å². The smallest absolute Gasteiger partial charge is 0.333 e. The summed E-state index contributed by atoms with van der Waals surface area (Å²) < 4.78 is 12.5. The third-order valence-corrected chi connectivity index (χ3v) is 7.37. The molecular weight excluding hydrogens is 364 g/mol. The molecular formula is C25H40O4. The molecule has 0 radical (unpaired) electrons. The van der Waals surface area contributed by atoms with E-state index in [9.17, 15) is 9.59 Å². The number of Topliss-reactive ketones (excluding diaryl/α,β-unsaturated/α-hetero) is 1. The van der Waals surface area contributed by atoms with Crippen molar-refractivity contribution in [2.24, 2.45) is 29.1 Å². The van der Waals surface area contributed by atoms with E-state index in [1.165, 1.54) is 0 Å². The van der Waals surface area contributed by atoms with Gasteiger partial charge < -0.3 is 9.47 Å². The summed E-state index contributed by atoms with van der Waals surface area (Å²) >= 11 is 0. The Morgan fingerprint density at radius 2 is 1.93 bits per heavy atom. The van der Waals surface area contributed by atoms with E-state index >= 15 is 0 Å². The zero-order valence-electron chi connectivity index (χ0n) is 19.4. The van der Waals surface area contributed by atoms with Crippen LogP contribution in [-0.4, -0.2) is 30.6 Å². The van der Waals surface area contributed by atoms with Gasteiger partial charge in [0, 0.05) is 36.9 Å². The van der Waals surface area contributed by atoms with Crippen LogP contribution >= 0.6 is 0 Å². The molecule has 0 unspecified atom stereocenters. The Morgan fingerprint density at radius 3 is 2.48 bits per heavy atom. The number of carbonyl (C=O) groups is 2. The minimum absolute atomic E-state index is 0.0213. The van der Waals surface area contributed by atoms with E-state index in [1.54, 1.807) is 13.0 Å². The van der Waals surface area contributed by atoms with Crippen molar-refractivity contribution in [3.63, 3.8) is 0 Å². The SMILES string of the molecule is C=C(C)[C@H]1C[C@@]2(C)[C@H](CC(=O)C[C@@H]2C)[C@H](OC(=O)/C(C)=C/C)[C@@H]1OCCC(C)C. The van der Waals surface area contributed by atoms with Crippen LogP contribution in [0, 0.1) is 29.1 Å². The van der Waals surface area contributed by atoms with Gasteiger partial charge in [0.2, 0.25) is 0 Å². The van der Waals surface area contributed by atoms with Crippen molar-refractivity contribution in [2.45, 2.75) is 86.4 Å². The largest absolute Gasteiger partial charge is 0.456 e. The molecule has 0 bridgehead atoms. The van der Waals surface area contributed by atoms with E-state index < -0.39 is 6.10 Å². The van der Waals surface area contributed by atoms with E-state index in [4.69, 9.17) is 9.47 Å². The van der Waals surface area contributed by atoms with Gasteiger partial charge in [0.25, 0.3) is 0 Å². The molecule has 0 aromatic rings. The van der Waals surface area contributed by atoms with Crippen molar-refractivity contribution in [3.05, 3.63) is 23.8 Å². The molecule has 0 N–H and O–H groups in total. The summed E-state index contributed by atoms with van der Waals surface area (Å²) in [5.74, 6) is 0.824. The summed E-state index contributed by atoms with van der Waals surface area (Å²) in [6.45, 7) is 19.3. The Bertz CT molecular complexity index is 662. The molecule has 2 rings (SSSR count). The monoisotopic (exact) mass is 404 g/mol. The number of carbonyl (C=O) groups excluding carboxylic acids is 2. The second-order valence-electron chi connectivity index (χ2n) is 9.98. The summed E-state index contributed by atoms with van der Waals surface area (Å²) in [5.41, 5.74) is 1.57. The maximum atomic E-state index is 12.7. The van der Waals surface area contributed by atoms with Crippen molar-refractivity contribution < 1.29 is 19.1 Å². The van der Waals surface area contributed by atoms with Crippen molar-refractivity contribution in [1.29, 1.82) is 0 Å². The zero-order valence-corrected chi connectivity index (χ0v) is 19.4. The van der Waals surface area contributed by atoms with Crippen molar-refractivity contribution in [2.75, 3.05) is 6.61 Å². The number of rotatable bonds is 7. The van der Waals surface area contributed by atoms with Gasteiger partial charge in [-0.1, -0.05) is 45.9 Å². The normalized spacial score (nSPS) is 35.4. The minimum atomic E-state index is -0.434. The molecule has 2 aliphatic carbocycles. The summed E-state index contributed by atoms with van der Waals surface area (Å²) in [5, 5.41) is 0. The first-order valence-corrected chi connectivity index (χ1v) is 11.1. The quantitative estimate of drug-likeness (QED) is 0.319. The van der Waals surface area contributed by atoms with Gasteiger partial charge in [-0.3, -0.25) is 4.79 Å². The molecule has 0 aromatic heterocycles. The Kier molecular flexibility index (Phi) is 7.89. The molecule has 2 aliphatic rings. The third-order valence-electron chi connectivity index (χ3n) is 7.37. The molecule has 0 spiro atoms. The first kappa shape index (κ1) is 23.9. The first-order valence-electron chi connectivity index (χ1n) is 11.1. The highest BCUT2D eigenvalue weighted by molar-refractivity contribution is 5.88. The van der Waals surface area contributed by atoms with Crippen LogP contribution in [0.25, 0.3) is 0 Å². The standard InChI is InChI=1S/C25H40O4/c1-9-17(6)24(27)29-23-21-13-19(26)12-18(7)25(21,8)14-20(16(4)5)22(23)28-11-10-15(2)3/h9,15,18,20-23H,4,10-14H2,1-3,5-8H3/b17-9+/t18-,20+,21+,22+,23-,25+/m0/s1. The average Bonchev–Trinajstić information content (AvgIpc) is 2.63. The van der Waals surface area contributed by atoms with E-state index in [-0.39, 0.29) is 41.0 Å². The van der Waals surface area contributed by atoms with Gasteiger partial charge in [0.15, 0.2) is 0 Å². The topological polar surface area (TPSA) is 52.6 Å². The molecule has 2 saturated carbocycles. The number of hydrogen-bond donors (Lipinski definition) is 0. The predicted octanol–water partition coefficient (Wildman–Crippen LogP) is 5.51. The third kappa shape index (κ3) is 5.20. The lowest BCUT2D eigenvalue weighted by molar-refractivity contribution is -0.196. The highest BCUT2D eigenvalue weighted by atomic mass is 16.6. The fraction of sp³-hybridized carbons (Fsp3) is 0.760. The van der Waals surface area contributed by atoms with Gasteiger partial charge in [-0.05, 0) is 50.9 Å². The number of hydrogen-bond acceptors (Lipinski definition) is 4. The Labute approximate surface area is 177 Å². The average molecular weight is 405 g/mol. The fourth-order valence-electron chi connectivity index (χ4n) is 4.98. The van der Waals surface area contributed by atoms with E-state index in [1.807, 2.05) is 13.8 Å². The lowest BCUT2D eigenvalue weighted by atomic mass is 9.51. The molecule has 4 nitrogen and oxygen atoms in total. The summed E-state index contributed by atoms with van der Waals surface area (Å²) in [6.07, 6.45) is 4.01. The maximum Gasteiger partial charge on any atom is 0.333 e. The van der Waals surface area contributed by atoms with E-state index in [0.717, 1.165) is 18.4 Å². The summed E-state index contributed by atoms with van der Waals surface area (Å²) in [4.78, 5) is 25.2. The molecule has 0 aromatic carbocycles. The number of esters is 1. The molecule has 2 fully saturated rings. The number of fused-ring (bicyclic) bond motifs is 1. The molecule has 0 saturated heterocycles. The van der Waals surface area contributed by atoms with Gasteiger partial charge >= 0.3 is 5.97 Å². The lowest BCUT2D eigenvalue weighted by Crippen LogP contribution is -2.59. The number of allylic oxidation sites excluding steroid dienone is 1. The van der Waals surface area contributed by atoms with E-state index in [0.29, 0.717) is 30.9 Å². The van der Waals surface area contributed by atoms with Crippen LogP contribution in [-0.2, 0) is 19.1 Å². The van der Waals surface area contributed by atoms with Crippen LogP contribution in [0.1, 0.15) is 74.1 Å². The highest BCUT2D eigenvalue weighted by Crippen LogP contribution is 2.56. The van der Waals surface area contributed by atoms with Crippen LogP contribution in [0.3, 0.4) is 0 Å². The van der Waals surface area contributed by atoms with Crippen molar-refractivity contribution in [1.82, 2.24) is 0 Å². The van der Waals surface area contributed by atoms with Crippen LogP contribution in [0.15, 0.2) is 23.8 Å². The molecule has 0 heterocycles. The number of ether oxygens (including phenoxy) is 2. The molecule has 0 aliphatic heterocycles. The van der Waals surface area contributed by atoms with Gasteiger partial charge in [-0.25, -0.2) is 4.79 Å². The molecule has 6 atom stereocenters. The van der Waals surface area contributed by atoms with Gasteiger partial charge in [0.05, 0.1) is 0 Å². The van der Waals surface area contributed by atoms with Crippen LogP contribution in [0.4, 0.5) is 0 Å². The zero-order chi connectivity index (χ0) is 21.9. The van der Waals surface area contributed by atoms with Gasteiger partial charge in [0.1, 0.15) is 18.0 Å². The Balaban J connectivity index is 2.43. The predicted molar refractivity (Wildman–Crippen MR) is 116 cm³/mol. The maximum absolute atomic E-state index is 12.7. The van der Waals surface area contributed by atoms with Crippen LogP contribution in [0.2, 0.25) is 0 Å². The Morgan fingerprint density at radius 1 is 1.28 bits per heavy atom. The van der Waals surface area contributed by atoms with Gasteiger partial charge in [-0.15, -0.1) is 0 Å². The first-order chi connectivity index (χ1) is 13.5. The van der Waals surface area contributed by atoms with E-state index in [2.05, 4.69) is 34.3 Å². The second kappa shape index (κ2) is 9.59. The van der Waals surface area contributed by atoms with Crippen molar-refractivity contribution >= 4 is 11.8 Å². The van der Waals surface area contributed by atoms with Gasteiger partial charge in [-0.2, -0.15) is 0 Å². The minimum Gasteiger partial charge on any atom is -0.456 e. The second-order valence-corrected chi connectivity index (χ2v) is 9.98. The molecule has 164 valence electrons.